The fourth-order valence-electron chi connectivity index (χ4n) is 1.24. The highest BCUT2D eigenvalue weighted by Crippen LogP contribution is 2.50. The van der Waals surface area contributed by atoms with Crippen LogP contribution in [0.4, 0.5) is 19.2 Å². The maximum Gasteiger partial charge on any atom is 0.411 e. The molecule has 8 heteroatoms. The van der Waals surface area contributed by atoms with Crippen molar-refractivity contribution >= 4 is 12.0 Å². The summed E-state index contributed by atoms with van der Waals surface area (Å²) in [6, 6.07) is -0.424. The van der Waals surface area contributed by atoms with Gasteiger partial charge in [0.15, 0.2) is 5.69 Å². The molecule has 1 saturated carbocycles. The molecule has 1 heterocycles. The second-order valence-corrected chi connectivity index (χ2v) is 3.55. The number of halogens is 3. The van der Waals surface area contributed by atoms with Crippen molar-refractivity contribution in [3.8, 4) is 0 Å². The van der Waals surface area contributed by atoms with Crippen molar-refractivity contribution in [1.82, 2.24) is 4.98 Å². The molecule has 16 heavy (non-hydrogen) atoms. The smallest absolute Gasteiger partial charge is 0.411 e. The highest BCUT2D eigenvalue weighted by molar-refractivity contribution is 5.85. The molecule has 2 rings (SSSR count). The molecule has 1 aliphatic carbocycles. The molecule has 0 aromatic carbocycles. The largest absolute Gasteiger partial charge is 0.476 e. The van der Waals surface area contributed by atoms with E-state index < -0.39 is 29.4 Å². The molecular formula is C8H7F3N2O3. The number of nitrogens with zero attached hydrogens (tertiary/aromatic N) is 1. The van der Waals surface area contributed by atoms with Gasteiger partial charge in [-0.15, -0.1) is 0 Å². The molecule has 0 atom stereocenters. The molecule has 1 aromatic heterocycles. The van der Waals surface area contributed by atoms with Crippen LogP contribution >= 0.6 is 0 Å². The fraction of sp³-hybridized carbons (Fsp3) is 0.500. The number of rotatable bonds is 3. The molecular weight excluding hydrogens is 229 g/mol. The van der Waals surface area contributed by atoms with Gasteiger partial charge in [-0.1, -0.05) is 0 Å². The van der Waals surface area contributed by atoms with Crippen LogP contribution in [0.15, 0.2) is 10.7 Å². The summed E-state index contributed by atoms with van der Waals surface area (Å²) in [5.41, 5.74) is -2.44. The SMILES string of the molecule is O=C(O)c1coc(NC2(C(F)(F)F)CC2)n1. The summed E-state index contributed by atoms with van der Waals surface area (Å²) in [7, 11) is 0. The summed E-state index contributed by atoms with van der Waals surface area (Å²) < 4.78 is 42.1. The number of aromatic carboxylic acids is 1. The molecule has 0 amide bonds. The van der Waals surface area contributed by atoms with Crippen LogP contribution in [0, 0.1) is 0 Å². The first-order chi connectivity index (χ1) is 7.34. The summed E-state index contributed by atoms with van der Waals surface area (Å²) in [6.45, 7) is 0. The maximum atomic E-state index is 12.5. The monoisotopic (exact) mass is 236 g/mol. The molecule has 5 nitrogen and oxygen atoms in total. The van der Waals surface area contributed by atoms with Gasteiger partial charge in [-0.25, -0.2) is 4.79 Å². The molecule has 1 aliphatic rings. The first kappa shape index (κ1) is 10.8. The number of carboxylic acid groups (broad SMARTS) is 1. The molecule has 0 bridgehead atoms. The number of hydrogen-bond acceptors (Lipinski definition) is 4. The van der Waals surface area contributed by atoms with Crippen LogP contribution in [0.2, 0.25) is 0 Å². The lowest BCUT2D eigenvalue weighted by atomic mass is 10.3. The molecule has 0 unspecified atom stereocenters. The van der Waals surface area contributed by atoms with E-state index in [0.717, 1.165) is 6.26 Å². The molecule has 0 spiro atoms. The highest BCUT2D eigenvalue weighted by atomic mass is 19.4. The van der Waals surface area contributed by atoms with Gasteiger partial charge in [0.05, 0.1) is 0 Å². The standard InChI is InChI=1S/C8H7F3N2O3/c9-8(10,11)7(1-2-7)13-6-12-4(3-16-6)5(14)15/h3H,1-2H2,(H,12,13)(H,14,15). The topological polar surface area (TPSA) is 75.4 Å². The minimum absolute atomic E-state index is 0.0682. The molecule has 0 aliphatic heterocycles. The highest BCUT2D eigenvalue weighted by Gasteiger charge is 2.64. The van der Waals surface area contributed by atoms with Crippen molar-refractivity contribution in [2.45, 2.75) is 24.6 Å². The number of nitrogens with one attached hydrogen (secondary N) is 1. The first-order valence-electron chi connectivity index (χ1n) is 4.38. The van der Waals surface area contributed by atoms with Gasteiger partial charge in [0.2, 0.25) is 0 Å². The van der Waals surface area contributed by atoms with Crippen LogP contribution in [0.5, 0.6) is 0 Å². The van der Waals surface area contributed by atoms with E-state index in [9.17, 15) is 18.0 Å². The Morgan fingerprint density at radius 2 is 2.19 bits per heavy atom. The summed E-state index contributed by atoms with van der Waals surface area (Å²) in [4.78, 5) is 13.8. The number of alkyl halides is 3. The number of carbonyl (C=O) groups is 1. The van der Waals surface area contributed by atoms with Crippen LogP contribution in [-0.2, 0) is 0 Å². The molecule has 0 saturated heterocycles. The zero-order valence-electron chi connectivity index (χ0n) is 7.84. The van der Waals surface area contributed by atoms with Crippen molar-refractivity contribution in [3.05, 3.63) is 12.0 Å². The Bertz CT molecular complexity index is 422. The van der Waals surface area contributed by atoms with Crippen LogP contribution in [0.1, 0.15) is 23.3 Å². The average Bonchev–Trinajstić information content (AvgIpc) is 2.76. The quantitative estimate of drug-likeness (QED) is 0.837. The molecule has 2 N–H and O–H groups in total. The van der Waals surface area contributed by atoms with Crippen LogP contribution < -0.4 is 5.32 Å². The van der Waals surface area contributed by atoms with Gasteiger partial charge in [0, 0.05) is 0 Å². The second-order valence-electron chi connectivity index (χ2n) is 3.55. The normalized spacial score (nSPS) is 18.2. The van der Waals surface area contributed by atoms with E-state index in [1.165, 1.54) is 0 Å². The summed E-state index contributed by atoms with van der Waals surface area (Å²) >= 11 is 0. The summed E-state index contributed by atoms with van der Waals surface area (Å²) in [5, 5.41) is 10.6. The van der Waals surface area contributed by atoms with E-state index in [2.05, 4.69) is 14.7 Å². The van der Waals surface area contributed by atoms with E-state index in [4.69, 9.17) is 5.11 Å². The van der Waals surface area contributed by atoms with E-state index in [-0.39, 0.29) is 12.8 Å². The average molecular weight is 236 g/mol. The summed E-state index contributed by atoms with van der Waals surface area (Å²) in [5.74, 6) is -1.35. The van der Waals surface area contributed by atoms with Crippen LogP contribution in [-0.4, -0.2) is 27.8 Å². The molecule has 88 valence electrons. The molecule has 1 fully saturated rings. The lowest BCUT2D eigenvalue weighted by molar-refractivity contribution is -0.151. The fourth-order valence-corrected chi connectivity index (χ4v) is 1.24. The van der Waals surface area contributed by atoms with Gasteiger partial charge < -0.3 is 14.8 Å². The number of hydrogen-bond donors (Lipinski definition) is 2. The van der Waals surface area contributed by atoms with Crippen molar-refractivity contribution in [3.63, 3.8) is 0 Å². The predicted molar refractivity (Wildman–Crippen MR) is 45.1 cm³/mol. The zero-order valence-corrected chi connectivity index (χ0v) is 7.84. The van der Waals surface area contributed by atoms with Gasteiger partial charge >= 0.3 is 12.1 Å². The first-order valence-corrected chi connectivity index (χ1v) is 4.38. The molecule has 1 aromatic rings. The minimum Gasteiger partial charge on any atom is -0.476 e. The van der Waals surface area contributed by atoms with Gasteiger partial charge in [0.25, 0.3) is 6.01 Å². The van der Waals surface area contributed by atoms with Gasteiger partial charge in [-0.05, 0) is 12.8 Å². The number of carboxylic acids is 1. The van der Waals surface area contributed by atoms with E-state index in [1.807, 2.05) is 0 Å². The third kappa shape index (κ3) is 1.70. The lowest BCUT2D eigenvalue weighted by Gasteiger charge is -2.19. The Labute approximate surface area is 87.3 Å². The Morgan fingerprint density at radius 3 is 2.56 bits per heavy atom. The van der Waals surface area contributed by atoms with Crippen LogP contribution in [0.25, 0.3) is 0 Å². The third-order valence-corrected chi connectivity index (χ3v) is 2.36. The van der Waals surface area contributed by atoms with Crippen LogP contribution in [0.3, 0.4) is 0 Å². The maximum absolute atomic E-state index is 12.5. The Hall–Kier alpha value is -1.73. The van der Waals surface area contributed by atoms with E-state index in [1.54, 1.807) is 0 Å². The van der Waals surface area contributed by atoms with Crippen molar-refractivity contribution in [2.75, 3.05) is 5.32 Å². The van der Waals surface area contributed by atoms with Gasteiger partial charge in [0.1, 0.15) is 11.8 Å². The lowest BCUT2D eigenvalue weighted by Crippen LogP contribution is -2.38. The van der Waals surface area contributed by atoms with Gasteiger partial charge in [-0.2, -0.15) is 18.2 Å². The Morgan fingerprint density at radius 1 is 1.56 bits per heavy atom. The summed E-state index contributed by atoms with van der Waals surface area (Å²) in [6.07, 6.45) is -3.75. The van der Waals surface area contributed by atoms with E-state index in [0.29, 0.717) is 0 Å². The van der Waals surface area contributed by atoms with Crippen molar-refractivity contribution in [2.24, 2.45) is 0 Å². The van der Waals surface area contributed by atoms with Crippen molar-refractivity contribution < 1.29 is 27.5 Å². The van der Waals surface area contributed by atoms with Gasteiger partial charge in [-0.3, -0.25) is 0 Å². The number of oxazole rings is 1. The van der Waals surface area contributed by atoms with E-state index >= 15 is 0 Å². The molecule has 0 radical (unpaired) electrons. The van der Waals surface area contributed by atoms with Crippen molar-refractivity contribution in [1.29, 1.82) is 0 Å². The predicted octanol–water partition coefficient (Wildman–Crippen LogP) is 1.88. The number of anilines is 1. The second kappa shape index (κ2) is 3.13. The third-order valence-electron chi connectivity index (χ3n) is 2.36. The minimum atomic E-state index is -4.40. The Balaban J connectivity index is 2.13. The zero-order chi connectivity index (χ0) is 12.0. The Kier molecular flexibility index (Phi) is 2.11. The number of aromatic nitrogens is 1.